The third kappa shape index (κ3) is 3.37. The number of aromatic nitrogens is 2. The molecule has 0 atom stereocenters. The van der Waals surface area contributed by atoms with Crippen LogP contribution in [0.2, 0.25) is 0 Å². The summed E-state index contributed by atoms with van der Waals surface area (Å²) in [6, 6.07) is 8.69. The first-order valence-corrected chi connectivity index (χ1v) is 8.67. The lowest BCUT2D eigenvalue weighted by Gasteiger charge is -2.13. The molecule has 0 bridgehead atoms. The SMILES string of the molecule is O=C(Nc1c[nH]c(=O)[nH]c1=O)c1ccc2c(c1)C(=O)N(c1ccc([N+](=O)[O-])cc1)C2=O. The predicted octanol–water partition coefficient (Wildman–Crippen LogP) is 1.02. The Kier molecular flexibility index (Phi) is 4.51. The molecule has 3 amide bonds. The number of nitro benzene ring substituents is 1. The second kappa shape index (κ2) is 7.18. The van der Waals surface area contributed by atoms with E-state index in [1.807, 2.05) is 4.98 Å². The molecule has 0 aliphatic carbocycles. The number of amides is 3. The highest BCUT2D eigenvalue weighted by molar-refractivity contribution is 6.34. The van der Waals surface area contributed by atoms with E-state index in [-0.39, 0.29) is 33.8 Å². The van der Waals surface area contributed by atoms with Crippen LogP contribution >= 0.6 is 0 Å². The van der Waals surface area contributed by atoms with Gasteiger partial charge in [-0.2, -0.15) is 0 Å². The summed E-state index contributed by atoms with van der Waals surface area (Å²) >= 11 is 0. The van der Waals surface area contributed by atoms with E-state index in [2.05, 4.69) is 10.3 Å². The number of anilines is 2. The maximum atomic E-state index is 12.8. The number of rotatable bonds is 4. The molecule has 1 aromatic heterocycles. The lowest BCUT2D eigenvalue weighted by atomic mass is 10.1. The molecule has 2 heterocycles. The van der Waals surface area contributed by atoms with E-state index in [0.29, 0.717) is 0 Å². The fourth-order valence-electron chi connectivity index (χ4n) is 3.04. The predicted molar refractivity (Wildman–Crippen MR) is 106 cm³/mol. The van der Waals surface area contributed by atoms with E-state index in [0.717, 1.165) is 11.1 Å². The molecule has 1 aliphatic rings. The van der Waals surface area contributed by atoms with Gasteiger partial charge in [-0.05, 0) is 30.3 Å². The molecule has 0 saturated heterocycles. The van der Waals surface area contributed by atoms with Gasteiger partial charge in [0.2, 0.25) is 0 Å². The van der Waals surface area contributed by atoms with Crippen LogP contribution in [0, 0.1) is 10.1 Å². The lowest BCUT2D eigenvalue weighted by molar-refractivity contribution is -0.384. The lowest BCUT2D eigenvalue weighted by Crippen LogP contribution is -2.29. The van der Waals surface area contributed by atoms with Crippen molar-refractivity contribution in [2.75, 3.05) is 10.2 Å². The summed E-state index contributed by atoms with van der Waals surface area (Å²) in [5, 5.41) is 13.1. The quantitative estimate of drug-likeness (QED) is 0.320. The molecule has 0 fully saturated rings. The Labute approximate surface area is 171 Å². The summed E-state index contributed by atoms with van der Waals surface area (Å²) in [4.78, 5) is 75.9. The standard InChI is InChI=1S/C19H11N5O7/c25-15(21-14-8-20-19(29)22-16(14)26)9-1-6-12-13(7-9)18(28)23(17(12)27)10-2-4-11(5-3-10)24(30)31/h1-8H,(H,21,25)(H2,20,22,26,29). The zero-order valence-corrected chi connectivity index (χ0v) is 15.4. The first-order valence-electron chi connectivity index (χ1n) is 8.67. The Morgan fingerprint density at radius 1 is 0.968 bits per heavy atom. The molecule has 4 rings (SSSR count). The van der Waals surface area contributed by atoms with Crippen LogP contribution in [0.4, 0.5) is 17.1 Å². The number of carbonyl (C=O) groups is 3. The Bertz CT molecular complexity index is 1390. The van der Waals surface area contributed by atoms with Gasteiger partial charge >= 0.3 is 5.69 Å². The summed E-state index contributed by atoms with van der Waals surface area (Å²) < 4.78 is 0. The van der Waals surface area contributed by atoms with Gasteiger partial charge in [0.05, 0.1) is 21.7 Å². The minimum Gasteiger partial charge on any atom is -0.316 e. The fraction of sp³-hybridized carbons (Fsp3) is 0. The van der Waals surface area contributed by atoms with Crippen molar-refractivity contribution in [3.8, 4) is 0 Å². The number of H-pyrrole nitrogens is 2. The van der Waals surface area contributed by atoms with E-state index in [1.54, 1.807) is 0 Å². The molecule has 2 aromatic carbocycles. The largest absolute Gasteiger partial charge is 0.325 e. The van der Waals surface area contributed by atoms with Gasteiger partial charge in [0, 0.05) is 23.9 Å². The molecule has 0 radical (unpaired) electrons. The van der Waals surface area contributed by atoms with Crippen molar-refractivity contribution in [3.63, 3.8) is 0 Å². The highest BCUT2D eigenvalue weighted by Crippen LogP contribution is 2.30. The third-order valence-corrected chi connectivity index (χ3v) is 4.53. The number of carbonyl (C=O) groups excluding carboxylic acids is 3. The number of non-ortho nitro benzene ring substituents is 1. The molecule has 3 aromatic rings. The summed E-state index contributed by atoms with van der Waals surface area (Å²) in [6.45, 7) is 0. The summed E-state index contributed by atoms with van der Waals surface area (Å²) in [6.07, 6.45) is 1.03. The van der Waals surface area contributed by atoms with Gasteiger partial charge in [0.1, 0.15) is 5.69 Å². The molecule has 12 nitrogen and oxygen atoms in total. The van der Waals surface area contributed by atoms with Crippen molar-refractivity contribution in [2.45, 2.75) is 0 Å². The van der Waals surface area contributed by atoms with Crippen molar-refractivity contribution >= 4 is 34.8 Å². The number of aromatic amines is 2. The summed E-state index contributed by atoms with van der Waals surface area (Å²) in [5.41, 5.74) is -1.80. The minimum absolute atomic E-state index is 0.00366. The molecule has 0 saturated carbocycles. The number of imide groups is 1. The van der Waals surface area contributed by atoms with Crippen molar-refractivity contribution in [2.24, 2.45) is 0 Å². The van der Waals surface area contributed by atoms with Gasteiger partial charge in [0.15, 0.2) is 0 Å². The number of nitro groups is 1. The van der Waals surface area contributed by atoms with E-state index in [1.165, 1.54) is 42.5 Å². The van der Waals surface area contributed by atoms with E-state index in [9.17, 15) is 34.1 Å². The third-order valence-electron chi connectivity index (χ3n) is 4.53. The average Bonchev–Trinajstić information content (AvgIpc) is 3.00. The first-order chi connectivity index (χ1) is 14.8. The number of hydrogen-bond donors (Lipinski definition) is 3. The first kappa shape index (κ1) is 19.4. The van der Waals surface area contributed by atoms with Crippen molar-refractivity contribution in [1.29, 1.82) is 0 Å². The Morgan fingerprint density at radius 3 is 2.29 bits per heavy atom. The summed E-state index contributed by atoms with van der Waals surface area (Å²) in [7, 11) is 0. The van der Waals surface area contributed by atoms with E-state index in [4.69, 9.17) is 0 Å². The maximum absolute atomic E-state index is 12.8. The highest BCUT2D eigenvalue weighted by atomic mass is 16.6. The van der Waals surface area contributed by atoms with Crippen LogP contribution in [0.5, 0.6) is 0 Å². The molecular formula is C19H11N5O7. The Balaban J connectivity index is 1.63. The number of hydrogen-bond acceptors (Lipinski definition) is 7. The molecule has 12 heteroatoms. The van der Waals surface area contributed by atoms with Crippen LogP contribution in [0.1, 0.15) is 31.1 Å². The van der Waals surface area contributed by atoms with Gasteiger partial charge in [-0.3, -0.25) is 34.3 Å². The number of nitrogens with zero attached hydrogens (tertiary/aromatic N) is 2. The highest BCUT2D eigenvalue weighted by Gasteiger charge is 2.37. The normalized spacial score (nSPS) is 12.6. The van der Waals surface area contributed by atoms with Gasteiger partial charge in [0.25, 0.3) is 29.0 Å². The van der Waals surface area contributed by atoms with Crippen LogP contribution in [0.15, 0.2) is 58.3 Å². The van der Waals surface area contributed by atoms with Crippen LogP contribution in [0.3, 0.4) is 0 Å². The summed E-state index contributed by atoms with van der Waals surface area (Å²) in [5.74, 6) is -2.09. The van der Waals surface area contributed by atoms with Crippen LogP contribution in [0.25, 0.3) is 0 Å². The monoisotopic (exact) mass is 421 g/mol. The van der Waals surface area contributed by atoms with Gasteiger partial charge < -0.3 is 10.3 Å². The fourth-order valence-corrected chi connectivity index (χ4v) is 3.04. The van der Waals surface area contributed by atoms with Gasteiger partial charge in [-0.15, -0.1) is 0 Å². The average molecular weight is 421 g/mol. The van der Waals surface area contributed by atoms with Crippen LogP contribution in [-0.4, -0.2) is 32.6 Å². The Morgan fingerprint density at radius 2 is 1.65 bits per heavy atom. The smallest absolute Gasteiger partial charge is 0.316 e. The Hall–Kier alpha value is -4.87. The molecule has 3 N–H and O–H groups in total. The van der Waals surface area contributed by atoms with Crippen molar-refractivity contribution < 1.29 is 19.3 Å². The van der Waals surface area contributed by atoms with Crippen molar-refractivity contribution in [3.05, 3.63) is 96.3 Å². The van der Waals surface area contributed by atoms with Gasteiger partial charge in [-0.1, -0.05) is 0 Å². The van der Waals surface area contributed by atoms with Gasteiger partial charge in [-0.25, -0.2) is 9.69 Å². The van der Waals surface area contributed by atoms with Crippen molar-refractivity contribution in [1.82, 2.24) is 9.97 Å². The topological polar surface area (TPSA) is 175 Å². The zero-order valence-electron chi connectivity index (χ0n) is 15.4. The molecule has 0 spiro atoms. The zero-order chi connectivity index (χ0) is 22.3. The minimum atomic E-state index is -0.811. The molecule has 31 heavy (non-hydrogen) atoms. The van der Waals surface area contributed by atoms with E-state index >= 15 is 0 Å². The van der Waals surface area contributed by atoms with Crippen LogP contribution in [-0.2, 0) is 0 Å². The molecular weight excluding hydrogens is 410 g/mol. The number of nitrogens with one attached hydrogen (secondary N) is 3. The number of benzene rings is 2. The second-order valence-electron chi connectivity index (χ2n) is 6.42. The van der Waals surface area contributed by atoms with Crippen LogP contribution < -0.4 is 21.5 Å². The molecule has 154 valence electrons. The molecule has 1 aliphatic heterocycles. The maximum Gasteiger partial charge on any atom is 0.325 e. The second-order valence-corrected chi connectivity index (χ2v) is 6.42. The molecule has 0 unspecified atom stereocenters. The number of fused-ring (bicyclic) bond motifs is 1. The van der Waals surface area contributed by atoms with E-state index < -0.39 is 33.9 Å².